The van der Waals surface area contributed by atoms with Crippen LogP contribution in [0, 0.1) is 5.92 Å². The van der Waals surface area contributed by atoms with Crippen LogP contribution < -0.4 is 4.74 Å². The second-order valence-electron chi connectivity index (χ2n) is 11.0. The Morgan fingerprint density at radius 2 is 1.93 bits per heavy atom. The summed E-state index contributed by atoms with van der Waals surface area (Å²) in [5, 5.41) is 7.65. The molecule has 2 aromatic carbocycles. The molecule has 2 aliphatic heterocycles. The third-order valence-corrected chi connectivity index (χ3v) is 9.36. The first-order chi connectivity index (χ1) is 19.8. The van der Waals surface area contributed by atoms with Crippen LogP contribution in [0.1, 0.15) is 83.0 Å². The number of alkyl halides is 2. The minimum Gasteiger partial charge on any atom is -0.487 e. The van der Waals surface area contributed by atoms with Crippen molar-refractivity contribution in [1.82, 2.24) is 24.8 Å². The zero-order valence-corrected chi connectivity index (χ0v) is 24.4. The molecule has 0 radical (unpaired) electrons. The molecule has 1 saturated carbocycles. The van der Waals surface area contributed by atoms with E-state index in [0.717, 1.165) is 57.9 Å². The molecule has 0 N–H and O–H groups in total. The van der Waals surface area contributed by atoms with Crippen LogP contribution in [-0.2, 0) is 31.4 Å². The average molecular weight is 629 g/mol. The number of amides is 2. The number of benzene rings is 2. The fourth-order valence-corrected chi connectivity index (χ4v) is 7.08. The van der Waals surface area contributed by atoms with Crippen LogP contribution in [0.2, 0.25) is 0 Å². The first kappa shape index (κ1) is 27.8. The number of carbonyl (C=O) groups is 2. The Morgan fingerprint density at radius 1 is 1.15 bits per heavy atom. The SMILES string of the molecule is Cn1nnc(COc2ccc(Br)c3c2[C@@H](CN2Cc4ccccc4C2=O)N(C(=O)C2CCCCC2)CC3)c1C(F)F. The number of hydrogen-bond acceptors (Lipinski definition) is 5. The predicted molar refractivity (Wildman–Crippen MR) is 150 cm³/mol. The summed E-state index contributed by atoms with van der Waals surface area (Å²) in [7, 11) is 1.43. The summed E-state index contributed by atoms with van der Waals surface area (Å²) in [6.07, 6.45) is 2.83. The van der Waals surface area contributed by atoms with E-state index in [-0.39, 0.29) is 35.7 Å². The fraction of sp³-hybridized carbons (Fsp3) is 0.467. The lowest BCUT2D eigenvalue weighted by Gasteiger charge is -2.42. The highest BCUT2D eigenvalue weighted by Crippen LogP contribution is 2.43. The summed E-state index contributed by atoms with van der Waals surface area (Å²) in [4.78, 5) is 31.2. The van der Waals surface area contributed by atoms with Gasteiger partial charge in [-0.15, -0.1) is 5.10 Å². The molecule has 0 unspecified atom stereocenters. The molecule has 216 valence electrons. The van der Waals surface area contributed by atoms with Crippen molar-refractivity contribution in [2.45, 2.75) is 64.1 Å². The van der Waals surface area contributed by atoms with Crippen molar-refractivity contribution in [3.63, 3.8) is 0 Å². The van der Waals surface area contributed by atoms with E-state index in [1.165, 1.54) is 7.05 Å². The highest BCUT2D eigenvalue weighted by Gasteiger charge is 2.40. The lowest BCUT2D eigenvalue weighted by atomic mass is 9.85. The van der Waals surface area contributed by atoms with E-state index in [0.29, 0.717) is 37.4 Å². The molecule has 0 spiro atoms. The van der Waals surface area contributed by atoms with Crippen LogP contribution in [0.4, 0.5) is 8.78 Å². The van der Waals surface area contributed by atoms with E-state index in [9.17, 15) is 18.4 Å². The third-order valence-electron chi connectivity index (χ3n) is 8.61. The van der Waals surface area contributed by atoms with Gasteiger partial charge in [0.1, 0.15) is 23.7 Å². The lowest BCUT2D eigenvalue weighted by molar-refractivity contribution is -0.140. The molecule has 2 amide bonds. The summed E-state index contributed by atoms with van der Waals surface area (Å²) >= 11 is 3.69. The maximum atomic E-state index is 14.0. The van der Waals surface area contributed by atoms with Gasteiger partial charge in [0, 0.05) is 48.2 Å². The van der Waals surface area contributed by atoms with Crippen molar-refractivity contribution in [2.75, 3.05) is 13.1 Å². The molecule has 8 nitrogen and oxygen atoms in total. The van der Waals surface area contributed by atoms with E-state index in [1.54, 1.807) is 11.0 Å². The van der Waals surface area contributed by atoms with Crippen LogP contribution in [0.3, 0.4) is 0 Å². The van der Waals surface area contributed by atoms with Gasteiger partial charge >= 0.3 is 0 Å². The molecule has 11 heteroatoms. The van der Waals surface area contributed by atoms with Gasteiger partial charge in [-0.25, -0.2) is 13.5 Å². The van der Waals surface area contributed by atoms with Crippen LogP contribution in [0.25, 0.3) is 0 Å². The number of aromatic nitrogens is 3. The van der Waals surface area contributed by atoms with E-state index in [1.807, 2.05) is 35.2 Å². The topological polar surface area (TPSA) is 80.6 Å². The number of carbonyl (C=O) groups excluding carboxylic acids is 2. The van der Waals surface area contributed by atoms with Gasteiger partial charge in [-0.05, 0) is 48.6 Å². The van der Waals surface area contributed by atoms with Crippen LogP contribution in [0.5, 0.6) is 5.75 Å². The van der Waals surface area contributed by atoms with Crippen LogP contribution in [0.15, 0.2) is 40.9 Å². The minimum atomic E-state index is -2.74. The Bertz CT molecular complexity index is 1470. The summed E-state index contributed by atoms with van der Waals surface area (Å²) in [5.74, 6) is 0.508. The van der Waals surface area contributed by atoms with Crippen molar-refractivity contribution in [2.24, 2.45) is 13.0 Å². The van der Waals surface area contributed by atoms with Crippen molar-refractivity contribution in [3.8, 4) is 5.75 Å². The lowest BCUT2D eigenvalue weighted by Crippen LogP contribution is -2.48. The molecule has 1 atom stereocenters. The number of fused-ring (bicyclic) bond motifs is 2. The van der Waals surface area contributed by atoms with E-state index in [4.69, 9.17) is 4.74 Å². The Labute approximate surface area is 245 Å². The highest BCUT2D eigenvalue weighted by atomic mass is 79.9. The molecule has 1 aliphatic carbocycles. The average Bonchev–Trinajstić information content (AvgIpc) is 3.51. The van der Waals surface area contributed by atoms with Gasteiger partial charge in [0.05, 0.1) is 6.04 Å². The second kappa shape index (κ2) is 11.5. The second-order valence-corrected chi connectivity index (χ2v) is 11.9. The predicted octanol–water partition coefficient (Wildman–Crippen LogP) is 5.76. The smallest absolute Gasteiger partial charge is 0.282 e. The van der Waals surface area contributed by atoms with E-state index < -0.39 is 12.5 Å². The van der Waals surface area contributed by atoms with Crippen molar-refractivity contribution in [1.29, 1.82) is 0 Å². The number of rotatable bonds is 7. The normalized spacial score (nSPS) is 19.0. The fourth-order valence-electron chi connectivity index (χ4n) is 6.54. The Morgan fingerprint density at radius 3 is 2.68 bits per heavy atom. The number of nitrogens with zero attached hydrogens (tertiary/aromatic N) is 5. The maximum absolute atomic E-state index is 14.0. The van der Waals surface area contributed by atoms with Crippen LogP contribution in [-0.4, -0.2) is 49.7 Å². The molecule has 3 aliphatic rings. The minimum absolute atomic E-state index is 0.0380. The van der Waals surface area contributed by atoms with Crippen molar-refractivity contribution >= 4 is 27.7 Å². The summed E-state index contributed by atoms with van der Waals surface area (Å²) in [6.45, 7) is 1.11. The molecule has 6 rings (SSSR count). The summed E-state index contributed by atoms with van der Waals surface area (Å²) < 4.78 is 35.5. The van der Waals surface area contributed by atoms with Gasteiger partial charge in [0.15, 0.2) is 0 Å². The zero-order chi connectivity index (χ0) is 28.7. The molecular formula is C30H32BrF2N5O3. The Balaban J connectivity index is 1.36. The molecule has 3 aromatic rings. The number of ether oxygens (including phenoxy) is 1. The molecule has 41 heavy (non-hydrogen) atoms. The van der Waals surface area contributed by atoms with Crippen molar-refractivity contribution in [3.05, 3.63) is 74.5 Å². The maximum Gasteiger partial charge on any atom is 0.282 e. The summed E-state index contributed by atoms with van der Waals surface area (Å²) in [5.41, 5.74) is 3.22. The molecule has 1 fully saturated rings. The number of aryl methyl sites for hydroxylation is 1. The van der Waals surface area contributed by atoms with Gasteiger partial charge < -0.3 is 14.5 Å². The molecule has 1 aromatic heterocycles. The summed E-state index contributed by atoms with van der Waals surface area (Å²) in [6, 6.07) is 10.8. The van der Waals surface area contributed by atoms with Gasteiger partial charge in [-0.2, -0.15) is 0 Å². The first-order valence-corrected chi connectivity index (χ1v) is 14.9. The third kappa shape index (κ3) is 5.24. The van der Waals surface area contributed by atoms with Gasteiger partial charge in [-0.3, -0.25) is 9.59 Å². The molecule has 0 saturated heterocycles. The van der Waals surface area contributed by atoms with E-state index >= 15 is 0 Å². The van der Waals surface area contributed by atoms with Gasteiger partial charge in [0.2, 0.25) is 5.91 Å². The largest absolute Gasteiger partial charge is 0.487 e. The van der Waals surface area contributed by atoms with Gasteiger partial charge in [-0.1, -0.05) is 58.6 Å². The molecular weight excluding hydrogens is 596 g/mol. The number of halogens is 3. The first-order valence-electron chi connectivity index (χ1n) is 14.1. The molecule has 3 heterocycles. The monoisotopic (exact) mass is 627 g/mol. The zero-order valence-electron chi connectivity index (χ0n) is 22.9. The Kier molecular flexibility index (Phi) is 7.80. The quantitative estimate of drug-likeness (QED) is 0.333. The van der Waals surface area contributed by atoms with Gasteiger partial charge in [0.25, 0.3) is 12.3 Å². The Hall–Kier alpha value is -3.34. The molecule has 0 bridgehead atoms. The van der Waals surface area contributed by atoms with E-state index in [2.05, 4.69) is 26.2 Å². The van der Waals surface area contributed by atoms with Crippen molar-refractivity contribution < 1.29 is 23.1 Å². The standard InChI is InChI=1S/C30H32BrF2N5O3/c1-36-27(28(32)33)23(34-35-36)17-41-25-12-11-22(31)21-13-14-38(29(39)18-7-3-2-4-8-18)24(26(21)25)16-37-15-19-9-5-6-10-20(19)30(37)40/h5-6,9-12,18,24,28H,2-4,7-8,13-17H2,1H3/t24-/m1/s1. The number of hydrogen-bond donors (Lipinski definition) is 0. The van der Waals surface area contributed by atoms with Crippen LogP contribution >= 0.6 is 15.9 Å². The highest BCUT2D eigenvalue weighted by molar-refractivity contribution is 9.10.